The third-order valence-corrected chi connectivity index (χ3v) is 6.38. The zero-order valence-electron chi connectivity index (χ0n) is 15.5. The quantitative estimate of drug-likeness (QED) is 0.833. The number of carbonyl (C=O) groups excluding carboxylic acids is 2. The maximum atomic E-state index is 13.2. The van der Waals surface area contributed by atoms with Crippen LogP contribution in [0.25, 0.3) is 0 Å². The molecule has 1 atom stereocenters. The molecule has 2 amide bonds. The fourth-order valence-electron chi connectivity index (χ4n) is 3.78. The highest BCUT2D eigenvalue weighted by Crippen LogP contribution is 2.34. The predicted octanol–water partition coefficient (Wildman–Crippen LogP) is 3.62. The van der Waals surface area contributed by atoms with E-state index in [1.807, 2.05) is 45.0 Å². The zero-order valence-corrected chi connectivity index (χ0v) is 17.1. The number of likely N-dealkylation sites (N-methyl/N-ethyl adjacent to an activating group) is 1. The maximum absolute atomic E-state index is 13.2. The number of hydrogen-bond acceptors (Lipinski definition) is 2. The zero-order chi connectivity index (χ0) is 19.0. The third-order valence-electron chi connectivity index (χ3n) is 5.16. The Kier molecular flexibility index (Phi) is 5.19. The van der Waals surface area contributed by atoms with E-state index in [1.165, 1.54) is 0 Å². The van der Waals surface area contributed by atoms with Gasteiger partial charge in [0.25, 0.3) is 0 Å². The van der Waals surface area contributed by atoms with Crippen LogP contribution in [0.4, 0.5) is 5.69 Å². The van der Waals surface area contributed by atoms with Crippen LogP contribution in [-0.4, -0.2) is 24.9 Å². The Morgan fingerprint density at radius 2 is 1.88 bits per heavy atom. The van der Waals surface area contributed by atoms with Gasteiger partial charge in [-0.15, -0.1) is 0 Å². The van der Waals surface area contributed by atoms with Crippen LogP contribution in [0.3, 0.4) is 0 Å². The monoisotopic (exact) mass is 414 g/mol. The van der Waals surface area contributed by atoms with E-state index in [0.717, 1.165) is 38.0 Å². The molecule has 1 aliphatic rings. The number of hydrogen-bond donors (Lipinski definition) is 1. The van der Waals surface area contributed by atoms with Gasteiger partial charge in [-0.3, -0.25) is 14.5 Å². The molecular weight excluding hydrogens is 392 g/mol. The molecule has 3 rings (SSSR count). The lowest BCUT2D eigenvalue weighted by molar-refractivity contribution is -0.125. The van der Waals surface area contributed by atoms with Crippen LogP contribution in [0.5, 0.6) is 0 Å². The maximum Gasteiger partial charge on any atom is 0.243 e. The van der Waals surface area contributed by atoms with Crippen LogP contribution in [0.15, 0.2) is 34.8 Å². The minimum absolute atomic E-state index is 0.0505. The minimum atomic E-state index is -0.487. The molecule has 0 fully saturated rings. The molecule has 2 aromatic rings. The summed E-state index contributed by atoms with van der Waals surface area (Å²) < 4.78 is 1.04. The van der Waals surface area contributed by atoms with Crippen molar-refractivity contribution >= 4 is 33.4 Å². The number of nitrogens with one attached hydrogen (secondary N) is 1. The molecule has 0 saturated carbocycles. The van der Waals surface area contributed by atoms with Gasteiger partial charge < -0.3 is 5.32 Å². The van der Waals surface area contributed by atoms with Gasteiger partial charge >= 0.3 is 0 Å². The van der Waals surface area contributed by atoms with Crippen molar-refractivity contribution in [3.05, 3.63) is 62.6 Å². The second-order valence-electron chi connectivity index (χ2n) is 6.83. The van der Waals surface area contributed by atoms with E-state index in [0.29, 0.717) is 6.42 Å². The smallest absolute Gasteiger partial charge is 0.243 e. The van der Waals surface area contributed by atoms with Crippen LogP contribution in [0, 0.1) is 20.8 Å². The van der Waals surface area contributed by atoms with Gasteiger partial charge in [-0.1, -0.05) is 40.2 Å². The first-order valence-corrected chi connectivity index (χ1v) is 9.51. The lowest BCUT2D eigenvalue weighted by Gasteiger charge is -2.25. The van der Waals surface area contributed by atoms with Crippen molar-refractivity contribution in [1.82, 2.24) is 5.32 Å². The normalized spacial score (nSPS) is 15.7. The minimum Gasteiger partial charge on any atom is -0.357 e. The van der Waals surface area contributed by atoms with Crippen molar-refractivity contribution < 1.29 is 9.59 Å². The molecule has 1 aliphatic heterocycles. The topological polar surface area (TPSA) is 49.4 Å². The summed E-state index contributed by atoms with van der Waals surface area (Å²) in [4.78, 5) is 27.3. The SMILES string of the molecule is CNC(=O)C1Cc2ccccc2N1C(=O)Cc1c(C)cc(C)c(Br)c1C. The summed E-state index contributed by atoms with van der Waals surface area (Å²) in [6, 6.07) is 9.36. The Hall–Kier alpha value is -2.14. The lowest BCUT2D eigenvalue weighted by atomic mass is 9.96. The number of anilines is 1. The van der Waals surface area contributed by atoms with E-state index in [2.05, 4.69) is 27.3 Å². The van der Waals surface area contributed by atoms with Crippen LogP contribution < -0.4 is 10.2 Å². The Morgan fingerprint density at radius 3 is 2.58 bits per heavy atom. The predicted molar refractivity (Wildman–Crippen MR) is 108 cm³/mol. The van der Waals surface area contributed by atoms with Gasteiger partial charge in [0, 0.05) is 23.6 Å². The fraction of sp³-hybridized carbons (Fsp3) is 0.333. The highest BCUT2D eigenvalue weighted by molar-refractivity contribution is 9.10. The van der Waals surface area contributed by atoms with Crippen LogP contribution >= 0.6 is 15.9 Å². The van der Waals surface area contributed by atoms with Gasteiger partial charge in [-0.25, -0.2) is 0 Å². The first-order valence-electron chi connectivity index (χ1n) is 8.71. The summed E-state index contributed by atoms with van der Waals surface area (Å²) in [6.45, 7) is 6.11. The molecule has 2 aromatic carbocycles. The lowest BCUT2D eigenvalue weighted by Crippen LogP contribution is -2.47. The Labute approximate surface area is 162 Å². The highest BCUT2D eigenvalue weighted by Gasteiger charge is 2.37. The van der Waals surface area contributed by atoms with E-state index in [4.69, 9.17) is 0 Å². The van der Waals surface area contributed by atoms with Crippen LogP contribution in [0.2, 0.25) is 0 Å². The Bertz CT molecular complexity index is 892. The van der Waals surface area contributed by atoms with E-state index >= 15 is 0 Å². The molecule has 1 heterocycles. The number of aryl methyl sites for hydroxylation is 2. The summed E-state index contributed by atoms with van der Waals surface area (Å²) in [7, 11) is 1.61. The fourth-order valence-corrected chi connectivity index (χ4v) is 4.13. The van der Waals surface area contributed by atoms with E-state index in [1.54, 1.807) is 11.9 Å². The second-order valence-corrected chi connectivity index (χ2v) is 7.62. The summed E-state index contributed by atoms with van der Waals surface area (Å²) in [6.07, 6.45) is 0.829. The standard InChI is InChI=1S/C21H23BrN2O2/c1-12-9-13(2)20(22)14(3)16(12)11-19(25)24-17-8-6-5-7-15(17)10-18(24)21(26)23-4/h5-9,18H,10-11H2,1-4H3,(H,23,26). The Morgan fingerprint density at radius 1 is 1.19 bits per heavy atom. The molecule has 0 saturated heterocycles. The summed E-state index contributed by atoms with van der Waals surface area (Å²) in [5, 5.41) is 2.69. The van der Waals surface area contributed by atoms with E-state index in [-0.39, 0.29) is 18.2 Å². The molecule has 1 N–H and O–H groups in total. The van der Waals surface area contributed by atoms with Gasteiger partial charge in [0.05, 0.1) is 6.42 Å². The van der Waals surface area contributed by atoms with Crippen LogP contribution in [-0.2, 0) is 22.4 Å². The molecule has 26 heavy (non-hydrogen) atoms. The first-order chi connectivity index (χ1) is 12.3. The number of rotatable bonds is 3. The number of amides is 2. The number of benzene rings is 2. The summed E-state index contributed by atoms with van der Waals surface area (Å²) in [5.74, 6) is -0.182. The average Bonchev–Trinajstić information content (AvgIpc) is 3.02. The summed E-state index contributed by atoms with van der Waals surface area (Å²) in [5.41, 5.74) is 6.24. The molecule has 0 radical (unpaired) electrons. The van der Waals surface area contributed by atoms with Gasteiger partial charge in [-0.2, -0.15) is 0 Å². The van der Waals surface area contributed by atoms with Crippen LogP contribution in [0.1, 0.15) is 27.8 Å². The third kappa shape index (κ3) is 3.16. The number of fused-ring (bicyclic) bond motifs is 1. The molecule has 0 spiro atoms. The van der Waals surface area contributed by atoms with Crippen molar-refractivity contribution in [2.24, 2.45) is 0 Å². The summed E-state index contributed by atoms with van der Waals surface area (Å²) >= 11 is 3.62. The molecule has 4 nitrogen and oxygen atoms in total. The van der Waals surface area contributed by atoms with Gasteiger partial charge in [0.1, 0.15) is 6.04 Å². The molecule has 0 bridgehead atoms. The van der Waals surface area contributed by atoms with Crippen molar-refractivity contribution in [3.63, 3.8) is 0 Å². The van der Waals surface area contributed by atoms with Gasteiger partial charge in [0.15, 0.2) is 0 Å². The number of halogens is 1. The van der Waals surface area contributed by atoms with Gasteiger partial charge in [0.2, 0.25) is 11.8 Å². The molecule has 136 valence electrons. The van der Waals surface area contributed by atoms with E-state index < -0.39 is 6.04 Å². The number of nitrogens with zero attached hydrogens (tertiary/aromatic N) is 1. The van der Waals surface area contributed by atoms with Crippen molar-refractivity contribution in [2.45, 2.75) is 39.7 Å². The molecule has 0 aromatic heterocycles. The highest BCUT2D eigenvalue weighted by atomic mass is 79.9. The molecular formula is C21H23BrN2O2. The Balaban J connectivity index is 1.98. The first kappa shape index (κ1) is 18.6. The second kappa shape index (κ2) is 7.23. The van der Waals surface area contributed by atoms with Crippen molar-refractivity contribution in [2.75, 3.05) is 11.9 Å². The van der Waals surface area contributed by atoms with Crippen molar-refractivity contribution in [3.8, 4) is 0 Å². The average molecular weight is 415 g/mol. The molecule has 0 aliphatic carbocycles. The van der Waals surface area contributed by atoms with Crippen molar-refractivity contribution in [1.29, 1.82) is 0 Å². The number of para-hydroxylation sites is 1. The molecule has 1 unspecified atom stereocenters. The largest absolute Gasteiger partial charge is 0.357 e. The molecule has 5 heteroatoms. The van der Waals surface area contributed by atoms with E-state index in [9.17, 15) is 9.59 Å². The number of carbonyl (C=O) groups is 2. The van der Waals surface area contributed by atoms with Gasteiger partial charge in [-0.05, 0) is 54.7 Å².